The van der Waals surface area contributed by atoms with Crippen molar-refractivity contribution in [2.75, 3.05) is 47.5 Å². The van der Waals surface area contributed by atoms with Crippen molar-refractivity contribution >= 4 is 13.8 Å². The van der Waals surface area contributed by atoms with Crippen molar-refractivity contribution < 1.29 is 32.5 Å². The average molecular weight is 480 g/mol. The first kappa shape index (κ1) is 31.5. The maximum absolute atomic E-state index is 11.7. The van der Waals surface area contributed by atoms with Gasteiger partial charge >= 0.3 is 5.97 Å². The smallest absolute Gasteiger partial charge is 0.305 e. The zero-order valence-electron chi connectivity index (χ0n) is 21.3. The average Bonchev–Trinajstić information content (AvgIpc) is 2.70. The molecular formula is C24H50NO6P. The van der Waals surface area contributed by atoms with Crippen LogP contribution in [0.2, 0.25) is 0 Å². The number of hydrogen-bond donors (Lipinski definition) is 0. The van der Waals surface area contributed by atoms with Crippen LogP contribution in [-0.4, -0.2) is 58.0 Å². The molecule has 0 saturated carbocycles. The summed E-state index contributed by atoms with van der Waals surface area (Å²) in [6.45, 7) is 3.01. The normalized spacial score (nSPS) is 13.8. The Morgan fingerprint density at radius 3 is 1.69 bits per heavy atom. The maximum atomic E-state index is 11.7. The number of rotatable bonds is 23. The Labute approximate surface area is 197 Å². The molecule has 8 heteroatoms. The van der Waals surface area contributed by atoms with E-state index in [9.17, 15) is 14.3 Å². The molecule has 0 aliphatic carbocycles. The van der Waals surface area contributed by atoms with Crippen LogP contribution in [0.1, 0.15) is 103 Å². The van der Waals surface area contributed by atoms with Gasteiger partial charge in [-0.25, -0.2) is 0 Å². The minimum atomic E-state index is -4.29. The molecule has 0 N–H and O–H groups in total. The number of carbonyl (C=O) groups excluding carboxylic acids is 1. The second-order valence-corrected chi connectivity index (χ2v) is 11.1. The lowest BCUT2D eigenvalue weighted by Gasteiger charge is -2.27. The molecule has 7 nitrogen and oxygen atoms in total. The fourth-order valence-electron chi connectivity index (χ4n) is 3.24. The molecule has 1 atom stereocenters. The Hall–Kier alpha value is -0.460. The van der Waals surface area contributed by atoms with Crippen molar-refractivity contribution in [2.24, 2.45) is 0 Å². The summed E-state index contributed by atoms with van der Waals surface area (Å²) in [5.41, 5.74) is 0. The van der Waals surface area contributed by atoms with E-state index < -0.39 is 7.82 Å². The van der Waals surface area contributed by atoms with E-state index in [1.165, 1.54) is 70.6 Å². The molecule has 0 fully saturated rings. The van der Waals surface area contributed by atoms with E-state index in [-0.39, 0.29) is 25.8 Å². The quantitative estimate of drug-likeness (QED) is 0.0820. The zero-order valence-corrected chi connectivity index (χ0v) is 22.2. The number of phosphoric ester groups is 1. The molecule has 0 aliphatic rings. The van der Waals surface area contributed by atoms with E-state index in [2.05, 4.69) is 6.92 Å². The highest BCUT2D eigenvalue weighted by molar-refractivity contribution is 7.45. The van der Waals surface area contributed by atoms with E-state index >= 15 is 0 Å². The van der Waals surface area contributed by atoms with Gasteiger partial charge in [-0.2, -0.15) is 0 Å². The molecular weight excluding hydrogens is 429 g/mol. The summed E-state index contributed by atoms with van der Waals surface area (Å²) in [7, 11) is 1.57. The Morgan fingerprint density at radius 2 is 1.19 bits per heavy atom. The minimum Gasteiger partial charge on any atom is -0.756 e. The summed E-state index contributed by atoms with van der Waals surface area (Å²) in [6, 6.07) is 0. The molecule has 0 heterocycles. The molecule has 0 spiro atoms. The zero-order chi connectivity index (χ0) is 24.1. The number of quaternary nitrogens is 1. The predicted octanol–water partition coefficient (Wildman–Crippen LogP) is 5.61. The van der Waals surface area contributed by atoms with Crippen LogP contribution in [0.15, 0.2) is 0 Å². The first-order valence-corrected chi connectivity index (χ1v) is 14.2. The first-order chi connectivity index (χ1) is 15.2. The number of unbranched alkanes of at least 4 members (excludes halogenated alkanes) is 12. The van der Waals surface area contributed by atoms with Crippen LogP contribution in [0.4, 0.5) is 0 Å². The van der Waals surface area contributed by atoms with Crippen molar-refractivity contribution in [2.45, 2.75) is 103 Å². The third kappa shape index (κ3) is 24.2. The SMILES string of the molecule is CCCCCCCCCCCCCCCC(=O)OCCCOP(=O)([O-])OCC[N+](C)(C)C. The molecule has 0 saturated heterocycles. The lowest BCUT2D eigenvalue weighted by molar-refractivity contribution is -0.870. The van der Waals surface area contributed by atoms with Gasteiger partial charge in [0, 0.05) is 12.8 Å². The molecule has 32 heavy (non-hydrogen) atoms. The molecule has 1 unspecified atom stereocenters. The van der Waals surface area contributed by atoms with Gasteiger partial charge in [0.05, 0.1) is 34.4 Å². The Kier molecular flexibility index (Phi) is 19.7. The maximum Gasteiger partial charge on any atom is 0.305 e. The summed E-state index contributed by atoms with van der Waals surface area (Å²) in [4.78, 5) is 23.4. The van der Waals surface area contributed by atoms with Crippen molar-refractivity contribution in [3.8, 4) is 0 Å². The van der Waals surface area contributed by atoms with Gasteiger partial charge in [-0.1, -0.05) is 84.0 Å². The van der Waals surface area contributed by atoms with Gasteiger partial charge in [0.1, 0.15) is 13.2 Å². The van der Waals surface area contributed by atoms with Crippen LogP contribution < -0.4 is 4.89 Å². The van der Waals surface area contributed by atoms with E-state index in [4.69, 9.17) is 13.8 Å². The monoisotopic (exact) mass is 479 g/mol. The number of nitrogens with zero attached hydrogens (tertiary/aromatic N) is 1. The van der Waals surface area contributed by atoms with Crippen molar-refractivity contribution in [1.29, 1.82) is 0 Å². The van der Waals surface area contributed by atoms with E-state index in [0.717, 1.165) is 12.8 Å². The molecule has 0 amide bonds. The molecule has 0 aromatic heterocycles. The number of phosphoric acid groups is 1. The highest BCUT2D eigenvalue weighted by atomic mass is 31.2. The molecule has 0 bridgehead atoms. The highest BCUT2D eigenvalue weighted by Crippen LogP contribution is 2.38. The Bertz CT molecular complexity index is 495. The number of hydrogen-bond acceptors (Lipinski definition) is 6. The van der Waals surface area contributed by atoms with Gasteiger partial charge in [0.15, 0.2) is 0 Å². The van der Waals surface area contributed by atoms with Crippen molar-refractivity contribution in [3.05, 3.63) is 0 Å². The number of likely N-dealkylation sites (N-methyl/N-ethyl adjacent to an activating group) is 1. The summed E-state index contributed by atoms with van der Waals surface area (Å²) < 4.78 is 27.0. The van der Waals surface area contributed by atoms with Gasteiger partial charge in [0.25, 0.3) is 7.82 Å². The minimum absolute atomic E-state index is 0.0445. The fourth-order valence-corrected chi connectivity index (χ4v) is 3.98. The van der Waals surface area contributed by atoms with Crippen LogP contribution >= 0.6 is 7.82 Å². The predicted molar refractivity (Wildman–Crippen MR) is 128 cm³/mol. The van der Waals surface area contributed by atoms with Crippen LogP contribution in [-0.2, 0) is 23.1 Å². The molecule has 0 aromatic carbocycles. The van der Waals surface area contributed by atoms with Crippen molar-refractivity contribution in [1.82, 2.24) is 0 Å². The first-order valence-electron chi connectivity index (χ1n) is 12.7. The van der Waals surface area contributed by atoms with Crippen molar-refractivity contribution in [3.63, 3.8) is 0 Å². The second-order valence-electron chi connectivity index (χ2n) is 9.69. The lowest BCUT2D eigenvalue weighted by Crippen LogP contribution is -2.37. The van der Waals surface area contributed by atoms with E-state index in [0.29, 0.717) is 23.9 Å². The summed E-state index contributed by atoms with van der Waals surface area (Å²) in [5, 5.41) is 0. The standard InChI is InChI=1S/C24H50NO6P/c1-5-6-7-8-9-10-11-12-13-14-15-16-17-19-24(26)29-21-18-22-30-32(27,28)31-23-20-25(2,3)4/h5-23H2,1-4H3. The number of esters is 1. The van der Waals surface area contributed by atoms with Crippen LogP contribution in [0.25, 0.3) is 0 Å². The summed E-state index contributed by atoms with van der Waals surface area (Å²) in [6.07, 6.45) is 17.3. The van der Waals surface area contributed by atoms with Crippen LogP contribution in [0, 0.1) is 0 Å². The fraction of sp³-hybridized carbons (Fsp3) is 0.958. The topological polar surface area (TPSA) is 84.9 Å². The largest absolute Gasteiger partial charge is 0.756 e. The number of ether oxygens (including phenoxy) is 1. The van der Waals surface area contributed by atoms with Gasteiger partial charge < -0.3 is 23.2 Å². The molecule has 0 aromatic rings. The third-order valence-electron chi connectivity index (χ3n) is 5.30. The summed E-state index contributed by atoms with van der Waals surface area (Å²) >= 11 is 0. The highest BCUT2D eigenvalue weighted by Gasteiger charge is 2.13. The van der Waals surface area contributed by atoms with Gasteiger partial charge in [-0.15, -0.1) is 0 Å². The molecule has 0 radical (unpaired) electrons. The Balaban J connectivity index is 3.42. The lowest BCUT2D eigenvalue weighted by atomic mass is 10.0. The third-order valence-corrected chi connectivity index (χ3v) is 6.29. The summed E-state index contributed by atoms with van der Waals surface area (Å²) in [5.74, 6) is -0.224. The number of carbonyl (C=O) groups is 1. The van der Waals surface area contributed by atoms with Gasteiger partial charge in [-0.05, 0) is 6.42 Å². The van der Waals surface area contributed by atoms with Gasteiger partial charge in [-0.3, -0.25) is 9.36 Å². The molecule has 0 aliphatic heterocycles. The van der Waals surface area contributed by atoms with Crippen LogP contribution in [0.5, 0.6) is 0 Å². The van der Waals surface area contributed by atoms with E-state index in [1.807, 2.05) is 21.1 Å². The van der Waals surface area contributed by atoms with Gasteiger partial charge in [0.2, 0.25) is 0 Å². The second kappa shape index (κ2) is 20.0. The Morgan fingerprint density at radius 1 is 0.719 bits per heavy atom. The van der Waals surface area contributed by atoms with E-state index in [1.54, 1.807) is 0 Å². The van der Waals surface area contributed by atoms with Crippen LogP contribution in [0.3, 0.4) is 0 Å². The molecule has 0 rings (SSSR count). The molecule has 192 valence electrons.